The van der Waals surface area contributed by atoms with Gasteiger partial charge in [0.05, 0.1) is 12.6 Å². The summed E-state index contributed by atoms with van der Waals surface area (Å²) >= 11 is 0. The highest BCUT2D eigenvalue weighted by Gasteiger charge is 2.24. The summed E-state index contributed by atoms with van der Waals surface area (Å²) in [7, 11) is -1.55. The van der Waals surface area contributed by atoms with Crippen LogP contribution in [0.3, 0.4) is 0 Å². The summed E-state index contributed by atoms with van der Waals surface area (Å²) in [4.78, 5) is 23.6. The van der Waals surface area contributed by atoms with E-state index < -0.39 is 24.9 Å². The van der Waals surface area contributed by atoms with Crippen LogP contribution in [-0.4, -0.2) is 48.1 Å². The molecule has 0 aliphatic rings. The number of carbonyl (C=O) groups is 2. The molecule has 0 radical (unpaired) electrons. The summed E-state index contributed by atoms with van der Waals surface area (Å²) in [6, 6.07) is 8.73. The number of halogens is 1. The molecule has 0 aromatic heterocycles. The fourth-order valence-electron chi connectivity index (χ4n) is 2.42. The minimum atomic E-state index is -1.55. The van der Waals surface area contributed by atoms with Gasteiger partial charge in [0.25, 0.3) is 0 Å². The van der Waals surface area contributed by atoms with Gasteiger partial charge < -0.3 is 26.4 Å². The van der Waals surface area contributed by atoms with Crippen molar-refractivity contribution in [3.63, 3.8) is 0 Å². The number of nitrogens with one attached hydrogen (secondary N) is 2. The number of nitrogens with two attached hydrogens (primary N) is 1. The third-order valence-corrected chi connectivity index (χ3v) is 3.81. The molecular weight excluding hydrogens is 356 g/mol. The summed E-state index contributed by atoms with van der Waals surface area (Å²) in [5, 5.41) is 24.1. The van der Waals surface area contributed by atoms with Crippen molar-refractivity contribution in [2.24, 2.45) is 11.7 Å². The SMILES string of the molecule is CC(C)C[C@@H](N)C(=O)NCC(=O)NC[C@H](Cc1ccccc1)B(O)O.Cl. The zero-order valence-corrected chi connectivity index (χ0v) is 16.0. The van der Waals surface area contributed by atoms with E-state index in [9.17, 15) is 19.6 Å². The molecule has 26 heavy (non-hydrogen) atoms. The normalized spacial score (nSPS) is 12.7. The smallest absolute Gasteiger partial charge is 0.427 e. The Morgan fingerprint density at radius 2 is 1.77 bits per heavy atom. The molecule has 0 spiro atoms. The van der Waals surface area contributed by atoms with Crippen LogP contribution in [0, 0.1) is 5.92 Å². The molecule has 0 aliphatic heterocycles. The summed E-state index contributed by atoms with van der Waals surface area (Å²) in [5.74, 6) is -1.01. The Hall–Kier alpha value is -1.61. The molecular formula is C17H29BClN3O4. The van der Waals surface area contributed by atoms with Crippen molar-refractivity contribution in [2.45, 2.75) is 38.5 Å². The van der Waals surface area contributed by atoms with Crippen LogP contribution in [0.4, 0.5) is 0 Å². The largest absolute Gasteiger partial charge is 0.456 e. The van der Waals surface area contributed by atoms with Gasteiger partial charge in [-0.2, -0.15) is 0 Å². The Balaban J connectivity index is 0.00000625. The van der Waals surface area contributed by atoms with Crippen LogP contribution >= 0.6 is 12.4 Å². The Labute approximate surface area is 161 Å². The molecule has 2 amide bonds. The molecule has 0 bridgehead atoms. The lowest BCUT2D eigenvalue weighted by Gasteiger charge is -2.17. The Kier molecular flexibility index (Phi) is 11.9. The first kappa shape index (κ1) is 24.4. The number of hydrogen-bond acceptors (Lipinski definition) is 5. The lowest BCUT2D eigenvalue weighted by Crippen LogP contribution is -2.46. The van der Waals surface area contributed by atoms with Gasteiger partial charge >= 0.3 is 7.12 Å². The first-order valence-corrected chi connectivity index (χ1v) is 8.49. The molecule has 2 atom stereocenters. The number of rotatable bonds is 10. The Bertz CT molecular complexity index is 546. The average Bonchev–Trinajstić information content (AvgIpc) is 2.56. The number of carbonyl (C=O) groups excluding carboxylic acids is 2. The van der Waals surface area contributed by atoms with Gasteiger partial charge in [0.15, 0.2) is 0 Å². The van der Waals surface area contributed by atoms with E-state index in [1.165, 1.54) is 0 Å². The van der Waals surface area contributed by atoms with Gasteiger partial charge in [0.1, 0.15) is 0 Å². The van der Waals surface area contributed by atoms with E-state index in [1.54, 1.807) is 0 Å². The first-order chi connectivity index (χ1) is 11.8. The number of benzene rings is 1. The highest BCUT2D eigenvalue weighted by molar-refractivity contribution is 6.43. The molecule has 0 saturated heterocycles. The maximum absolute atomic E-state index is 11.8. The van der Waals surface area contributed by atoms with Gasteiger partial charge in [0.2, 0.25) is 11.8 Å². The molecule has 0 fully saturated rings. The summed E-state index contributed by atoms with van der Waals surface area (Å²) in [6.07, 6.45) is 0.966. The predicted molar refractivity (Wildman–Crippen MR) is 105 cm³/mol. The van der Waals surface area contributed by atoms with Crippen molar-refractivity contribution in [3.8, 4) is 0 Å². The van der Waals surface area contributed by atoms with Gasteiger partial charge in [-0.1, -0.05) is 44.2 Å². The Morgan fingerprint density at radius 3 is 2.31 bits per heavy atom. The number of amides is 2. The van der Waals surface area contributed by atoms with Crippen molar-refractivity contribution in [2.75, 3.05) is 13.1 Å². The van der Waals surface area contributed by atoms with Gasteiger partial charge in [-0.05, 0) is 24.3 Å². The summed E-state index contributed by atoms with van der Waals surface area (Å²) in [6.45, 7) is 3.84. The quantitative estimate of drug-likeness (QED) is 0.365. The van der Waals surface area contributed by atoms with E-state index in [2.05, 4.69) is 10.6 Å². The van der Waals surface area contributed by atoms with E-state index in [-0.39, 0.29) is 31.4 Å². The zero-order valence-electron chi connectivity index (χ0n) is 15.2. The molecule has 9 heteroatoms. The van der Waals surface area contributed by atoms with E-state index in [0.717, 1.165) is 5.56 Å². The first-order valence-electron chi connectivity index (χ1n) is 8.49. The molecule has 0 heterocycles. The van der Waals surface area contributed by atoms with Crippen LogP contribution < -0.4 is 16.4 Å². The van der Waals surface area contributed by atoms with Gasteiger partial charge in [0, 0.05) is 12.4 Å². The van der Waals surface area contributed by atoms with E-state index in [0.29, 0.717) is 18.8 Å². The lowest BCUT2D eigenvalue weighted by molar-refractivity contribution is -0.127. The second kappa shape index (κ2) is 12.7. The van der Waals surface area contributed by atoms with Crippen LogP contribution in [-0.2, 0) is 16.0 Å². The van der Waals surface area contributed by atoms with Gasteiger partial charge in [-0.25, -0.2) is 0 Å². The van der Waals surface area contributed by atoms with Crippen molar-refractivity contribution >= 4 is 31.3 Å². The Morgan fingerprint density at radius 1 is 1.15 bits per heavy atom. The van der Waals surface area contributed by atoms with Crippen LogP contribution in [0.2, 0.25) is 5.82 Å². The maximum atomic E-state index is 11.8. The van der Waals surface area contributed by atoms with Crippen LogP contribution in [0.5, 0.6) is 0 Å². The maximum Gasteiger partial charge on any atom is 0.456 e. The van der Waals surface area contributed by atoms with Crippen LogP contribution in [0.1, 0.15) is 25.8 Å². The lowest BCUT2D eigenvalue weighted by atomic mass is 9.69. The number of hydrogen-bond donors (Lipinski definition) is 5. The molecule has 0 saturated carbocycles. The predicted octanol–water partition coefficient (Wildman–Crippen LogP) is 0.0997. The molecule has 7 nitrogen and oxygen atoms in total. The topological polar surface area (TPSA) is 125 Å². The average molecular weight is 386 g/mol. The van der Waals surface area contributed by atoms with E-state index in [1.807, 2.05) is 44.2 Å². The van der Waals surface area contributed by atoms with Gasteiger partial charge in [-0.3, -0.25) is 9.59 Å². The van der Waals surface area contributed by atoms with Gasteiger partial charge in [-0.15, -0.1) is 12.4 Å². The molecule has 0 aliphatic carbocycles. The summed E-state index contributed by atoms with van der Waals surface area (Å²) < 4.78 is 0. The second-order valence-corrected chi connectivity index (χ2v) is 6.62. The summed E-state index contributed by atoms with van der Waals surface area (Å²) in [5.41, 5.74) is 6.69. The highest BCUT2D eigenvalue weighted by atomic mass is 35.5. The minimum absolute atomic E-state index is 0. The van der Waals surface area contributed by atoms with Crippen molar-refractivity contribution < 1.29 is 19.6 Å². The molecule has 1 aromatic carbocycles. The van der Waals surface area contributed by atoms with E-state index in [4.69, 9.17) is 5.73 Å². The van der Waals surface area contributed by atoms with Crippen molar-refractivity contribution in [1.82, 2.24) is 10.6 Å². The molecule has 0 unspecified atom stereocenters. The standard InChI is InChI=1S/C17H28BN3O4.ClH/c1-12(2)8-15(19)17(23)21-11-16(22)20-10-14(18(24)25)9-13-6-4-3-5-7-13;/h3-7,12,14-15,24-25H,8-11,19H2,1-2H3,(H,20,22)(H,21,23);1H/t14-,15+;/m0./s1. The third kappa shape index (κ3) is 9.77. The molecule has 146 valence electrons. The molecule has 6 N–H and O–H groups in total. The highest BCUT2D eigenvalue weighted by Crippen LogP contribution is 2.14. The minimum Gasteiger partial charge on any atom is -0.427 e. The van der Waals surface area contributed by atoms with Crippen molar-refractivity contribution in [1.29, 1.82) is 0 Å². The second-order valence-electron chi connectivity index (χ2n) is 6.62. The zero-order chi connectivity index (χ0) is 18.8. The van der Waals surface area contributed by atoms with Crippen molar-refractivity contribution in [3.05, 3.63) is 35.9 Å². The van der Waals surface area contributed by atoms with Crippen LogP contribution in [0.15, 0.2) is 30.3 Å². The molecule has 1 rings (SSSR count). The monoisotopic (exact) mass is 385 g/mol. The fourth-order valence-corrected chi connectivity index (χ4v) is 2.42. The third-order valence-electron chi connectivity index (χ3n) is 3.81. The fraction of sp³-hybridized carbons (Fsp3) is 0.529. The molecule has 1 aromatic rings. The van der Waals surface area contributed by atoms with E-state index >= 15 is 0 Å². The van der Waals surface area contributed by atoms with Crippen LogP contribution in [0.25, 0.3) is 0 Å².